The minimum Gasteiger partial charge on any atom is -0.756 e. The first-order chi connectivity index (χ1) is 26.9. The number of hydrogen-bond acceptors (Lipinski definition) is 29. The van der Waals surface area contributed by atoms with Crippen molar-refractivity contribution in [2.24, 2.45) is 0 Å². The number of phosphoric acid groups is 6. The normalized spacial score (nSPS) is 18.6. The Bertz CT molecular complexity index is 1400. The van der Waals surface area contributed by atoms with E-state index in [-0.39, 0.29) is 41.7 Å². The van der Waals surface area contributed by atoms with Gasteiger partial charge < -0.3 is 98.8 Å². The summed E-state index contributed by atoms with van der Waals surface area (Å²) in [6.45, 7) is -10.3. The van der Waals surface area contributed by atoms with Gasteiger partial charge >= 0.3 is 7.82 Å². The molecular weight excluding hydrogens is 952 g/mol. The number of phosphoric ester groups is 6. The zero-order valence-electron chi connectivity index (χ0n) is 31.1. The molecule has 0 spiro atoms. The molecule has 31 nitrogen and oxygen atoms in total. The Kier molecular flexibility index (Phi) is 36.4. The highest BCUT2D eigenvalue weighted by atomic mass is 31.2. The van der Waals surface area contributed by atoms with Crippen LogP contribution in [-0.4, -0.2) is 154 Å². The number of aliphatic hydroxyl groups excluding tert-OH is 1. The zero-order valence-corrected chi connectivity index (χ0v) is 36.4. The Balaban J connectivity index is -0.0000162. The molecule has 6 N–H and O–H groups in total. The average Bonchev–Trinajstić information content (AvgIpc) is 3.11. The molecule has 0 aromatic rings. The fourth-order valence-electron chi connectivity index (χ4n) is 3.19. The molecule has 0 aromatic carbocycles. The first-order valence-electron chi connectivity index (χ1n) is 16.0. The van der Waals surface area contributed by atoms with Crippen LogP contribution in [0.2, 0.25) is 0 Å². The number of ether oxygens (including phenoxy) is 3. The molecule has 0 amide bonds. The summed E-state index contributed by atoms with van der Waals surface area (Å²) in [6.07, 6.45) is -4.62. The van der Waals surface area contributed by atoms with E-state index in [0.29, 0.717) is 0 Å². The molecule has 37 heteroatoms. The van der Waals surface area contributed by atoms with E-state index in [1.54, 1.807) is 7.05 Å². The molecule has 0 aliphatic rings. The van der Waals surface area contributed by atoms with Crippen molar-refractivity contribution in [1.82, 2.24) is 16.0 Å². The highest BCUT2D eigenvalue weighted by Crippen LogP contribution is 2.45. The van der Waals surface area contributed by atoms with Crippen molar-refractivity contribution in [3.63, 3.8) is 0 Å². The van der Waals surface area contributed by atoms with Gasteiger partial charge in [-0.05, 0) is 21.1 Å². The first kappa shape index (κ1) is 64.7. The van der Waals surface area contributed by atoms with Gasteiger partial charge in [-0.3, -0.25) is 43.3 Å². The van der Waals surface area contributed by atoms with Gasteiger partial charge in [0, 0.05) is 0 Å². The van der Waals surface area contributed by atoms with E-state index in [9.17, 15) is 57.0 Å². The topological polar surface area (TPSA) is 444 Å². The molecule has 0 aliphatic heterocycles. The van der Waals surface area contributed by atoms with Crippen LogP contribution in [0.25, 0.3) is 0 Å². The van der Waals surface area contributed by atoms with Crippen molar-refractivity contribution in [2.45, 2.75) is 33.2 Å². The molecule has 60 heavy (non-hydrogen) atoms. The van der Waals surface area contributed by atoms with Gasteiger partial charge in [0.05, 0.1) is 99.5 Å². The van der Waals surface area contributed by atoms with E-state index >= 15 is 0 Å². The van der Waals surface area contributed by atoms with Gasteiger partial charge in [-0.2, -0.15) is 0 Å². The van der Waals surface area contributed by atoms with Crippen LogP contribution in [0.1, 0.15) is 14.9 Å². The maximum atomic E-state index is 12.3. The Morgan fingerprint density at radius 2 is 0.700 bits per heavy atom. The van der Waals surface area contributed by atoms with Crippen LogP contribution in [0.4, 0.5) is 0 Å². The predicted molar refractivity (Wildman–Crippen MR) is 192 cm³/mol. The molecule has 0 fully saturated rings. The fraction of sp³-hybridized carbons (Fsp3) is 1.00. The molecule has 0 aliphatic carbocycles. The van der Waals surface area contributed by atoms with Crippen molar-refractivity contribution in [3.05, 3.63) is 0 Å². The Labute approximate surface area is 347 Å². The molecule has 0 aromatic heterocycles. The van der Waals surface area contributed by atoms with Crippen LogP contribution >= 0.6 is 46.9 Å². The summed E-state index contributed by atoms with van der Waals surface area (Å²) in [5.74, 6) is 0. The standard InChI is InChI=1S/C21H53N3O28P6.2CH4/c1-22-16-39-11-19(10-25)51-57(35,36)46-9-7-45-56(33,34)49-15-21(13-41-18-24-3)52-58(37,38)47-8-6-43-54(29,30)42-4-5-44-55(31,32)48-14-20(12-40-17-23-2)50-53(26,27)28;;/h19-25H,4-18H2,1-3H3,(H,29,30)(H,31,32)(H,33,34)(H,35,36)(H,37,38)(H2,26,27,28);2*1H4/p-5. The van der Waals surface area contributed by atoms with Gasteiger partial charge in [0.15, 0.2) is 0 Å². The van der Waals surface area contributed by atoms with Crippen LogP contribution in [0.5, 0.6) is 0 Å². The second-order valence-electron chi connectivity index (χ2n) is 10.3. The monoisotopic (exact) mass is 1010 g/mol. The summed E-state index contributed by atoms with van der Waals surface area (Å²) in [5.41, 5.74) is 0. The number of nitrogens with one attached hydrogen (secondary N) is 3. The lowest BCUT2D eigenvalue weighted by Crippen LogP contribution is -2.30. The molecule has 0 radical (unpaired) electrons. The van der Waals surface area contributed by atoms with Crippen molar-refractivity contribution < 1.29 is 131 Å². The lowest BCUT2D eigenvalue weighted by atomic mass is 10.4. The second kappa shape index (κ2) is 33.8. The summed E-state index contributed by atoms with van der Waals surface area (Å²) in [7, 11) is -26.7. The average molecular weight is 1010 g/mol. The molecule has 0 rings (SSSR count). The molecule has 0 saturated carbocycles. The maximum Gasteiger partial charge on any atom is 0.470 e. The Morgan fingerprint density at radius 3 is 1.00 bits per heavy atom. The van der Waals surface area contributed by atoms with Crippen molar-refractivity contribution >= 4 is 46.9 Å². The summed E-state index contributed by atoms with van der Waals surface area (Å²) in [6, 6.07) is 0. The third-order valence-corrected chi connectivity index (χ3v) is 10.9. The van der Waals surface area contributed by atoms with E-state index < -0.39 is 138 Å². The smallest absolute Gasteiger partial charge is 0.470 e. The third kappa shape index (κ3) is 37.7. The van der Waals surface area contributed by atoms with Crippen molar-refractivity contribution in [2.75, 3.05) is 121 Å². The summed E-state index contributed by atoms with van der Waals surface area (Å²) in [4.78, 5) is 78.1. The second-order valence-corrected chi connectivity index (χ2v) is 18.4. The van der Waals surface area contributed by atoms with E-state index in [4.69, 9.17) is 28.5 Å². The molecule has 366 valence electrons. The molecule has 8 atom stereocenters. The summed E-state index contributed by atoms with van der Waals surface area (Å²) >= 11 is 0. The third-order valence-electron chi connectivity index (χ3n) is 5.28. The van der Waals surface area contributed by atoms with E-state index in [1.165, 1.54) is 14.1 Å². The molecular formula is C23H56N3O28P6-5. The van der Waals surface area contributed by atoms with E-state index in [1.807, 2.05) is 0 Å². The largest absolute Gasteiger partial charge is 0.756 e. The number of hydrogen-bond donors (Lipinski definition) is 6. The highest BCUT2D eigenvalue weighted by molar-refractivity contribution is 7.47. The van der Waals surface area contributed by atoms with Gasteiger partial charge in [-0.15, -0.1) is 0 Å². The van der Waals surface area contributed by atoms with Crippen LogP contribution in [0.3, 0.4) is 0 Å². The van der Waals surface area contributed by atoms with Crippen molar-refractivity contribution in [1.29, 1.82) is 0 Å². The predicted octanol–water partition coefficient (Wildman–Crippen LogP) is -3.45. The Hall–Kier alpha value is 0.380. The highest BCUT2D eigenvalue weighted by Gasteiger charge is 2.26. The van der Waals surface area contributed by atoms with Crippen LogP contribution in [0.15, 0.2) is 0 Å². The van der Waals surface area contributed by atoms with Gasteiger partial charge in [-0.1, -0.05) is 14.9 Å². The SMILES string of the molecule is C.C.CNCOCC(COP(=O)([O-])OCCOP(=O)([O-])OCCOP(=O)([O-])OC(COCNC)COP(=O)([O-])OCCOP(=O)([O-])OC(CO)COCNC)OP(=O)(O)O. The number of aliphatic hydroxyl groups is 1. The van der Waals surface area contributed by atoms with E-state index in [2.05, 4.69) is 61.2 Å². The summed E-state index contributed by atoms with van der Waals surface area (Å²) < 4.78 is 135. The minimum atomic E-state index is -5.38. The molecule has 0 heterocycles. The maximum absolute atomic E-state index is 12.3. The van der Waals surface area contributed by atoms with Gasteiger partial charge in [0.25, 0.3) is 39.1 Å². The lowest BCUT2D eigenvalue weighted by Gasteiger charge is -2.31. The molecule has 8 unspecified atom stereocenters. The summed E-state index contributed by atoms with van der Waals surface area (Å²) in [5, 5.41) is 16.9. The Morgan fingerprint density at radius 1 is 0.433 bits per heavy atom. The molecule has 0 bridgehead atoms. The van der Waals surface area contributed by atoms with Crippen LogP contribution < -0.4 is 40.4 Å². The minimum absolute atomic E-state index is 0. The first-order valence-corrected chi connectivity index (χ1v) is 24.8. The van der Waals surface area contributed by atoms with Crippen LogP contribution in [0, 0.1) is 0 Å². The van der Waals surface area contributed by atoms with Gasteiger partial charge in [-0.25, -0.2) is 4.57 Å². The zero-order chi connectivity index (χ0) is 44.4. The van der Waals surface area contributed by atoms with Crippen LogP contribution in [-0.2, 0) is 91.4 Å². The lowest BCUT2D eigenvalue weighted by molar-refractivity contribution is -0.243. The van der Waals surface area contributed by atoms with E-state index in [0.717, 1.165) is 0 Å². The van der Waals surface area contributed by atoms with Gasteiger partial charge in [0.2, 0.25) is 0 Å². The fourth-order valence-corrected chi connectivity index (χ4v) is 7.51. The number of rotatable bonds is 40. The van der Waals surface area contributed by atoms with Crippen molar-refractivity contribution in [3.8, 4) is 0 Å². The quantitative estimate of drug-likeness (QED) is 0.0197. The van der Waals surface area contributed by atoms with Gasteiger partial charge in [0.1, 0.15) is 18.3 Å². The molecule has 0 saturated heterocycles.